The van der Waals surface area contributed by atoms with Crippen molar-refractivity contribution in [1.29, 1.82) is 0 Å². The fraction of sp³-hybridized carbons (Fsp3) is 0.0500. The first-order valence-corrected chi connectivity index (χ1v) is 9.47. The first-order valence-electron chi connectivity index (χ1n) is 8.10. The number of thioether (sulfide) groups is 1. The number of hydrogen-bond donors (Lipinski definition) is 0. The summed E-state index contributed by atoms with van der Waals surface area (Å²) in [6.07, 6.45) is 3.55. The molecule has 26 heavy (non-hydrogen) atoms. The number of rotatable bonds is 5. The second-order valence-electron chi connectivity index (χ2n) is 5.60. The molecule has 2 aromatic carbocycles. The Kier molecular flexibility index (Phi) is 5.00. The minimum Gasteiger partial charge on any atom is -0.270 e. The summed E-state index contributed by atoms with van der Waals surface area (Å²) in [6.45, 7) is 0. The Morgan fingerprint density at radius 3 is 2.46 bits per heavy atom. The average molecular weight is 379 g/mol. The molecule has 0 saturated heterocycles. The minimum absolute atomic E-state index is 0.720. The van der Waals surface area contributed by atoms with E-state index in [9.17, 15) is 0 Å². The Morgan fingerprint density at radius 1 is 0.885 bits per heavy atom. The molecule has 0 atom stereocenters. The van der Waals surface area contributed by atoms with E-state index < -0.39 is 0 Å². The molecule has 4 rings (SSSR count). The SMILES string of the molecule is Clc1ccccc1CSc1nnc(-c2cccnc2)n1-c1ccccc1. The Morgan fingerprint density at radius 2 is 1.69 bits per heavy atom. The highest BCUT2D eigenvalue weighted by Gasteiger charge is 2.16. The Hall–Kier alpha value is -2.63. The van der Waals surface area contributed by atoms with Crippen LogP contribution in [0, 0.1) is 0 Å². The Balaban J connectivity index is 1.73. The number of aromatic nitrogens is 4. The molecule has 0 saturated carbocycles. The van der Waals surface area contributed by atoms with Crippen molar-refractivity contribution in [2.75, 3.05) is 0 Å². The monoisotopic (exact) mass is 378 g/mol. The van der Waals surface area contributed by atoms with Crippen molar-refractivity contribution in [3.63, 3.8) is 0 Å². The van der Waals surface area contributed by atoms with Crippen molar-refractivity contribution in [2.45, 2.75) is 10.9 Å². The summed E-state index contributed by atoms with van der Waals surface area (Å²) in [5.74, 6) is 1.49. The highest BCUT2D eigenvalue weighted by molar-refractivity contribution is 7.98. The van der Waals surface area contributed by atoms with Gasteiger partial charge in [-0.2, -0.15) is 0 Å². The van der Waals surface area contributed by atoms with Gasteiger partial charge in [0.1, 0.15) is 0 Å². The highest BCUT2D eigenvalue weighted by Crippen LogP contribution is 2.30. The van der Waals surface area contributed by atoms with Crippen LogP contribution < -0.4 is 0 Å². The second-order valence-corrected chi connectivity index (χ2v) is 6.95. The third kappa shape index (κ3) is 3.49. The molecule has 0 unspecified atom stereocenters. The number of para-hydroxylation sites is 1. The molecule has 0 fully saturated rings. The molecule has 128 valence electrons. The first kappa shape index (κ1) is 16.8. The van der Waals surface area contributed by atoms with E-state index in [0.717, 1.165) is 38.6 Å². The molecule has 4 aromatic rings. The summed E-state index contributed by atoms with van der Waals surface area (Å²) >= 11 is 7.89. The van der Waals surface area contributed by atoms with E-state index in [-0.39, 0.29) is 0 Å². The van der Waals surface area contributed by atoms with Gasteiger partial charge in [0.25, 0.3) is 0 Å². The topological polar surface area (TPSA) is 43.6 Å². The third-order valence-electron chi connectivity index (χ3n) is 3.88. The van der Waals surface area contributed by atoms with E-state index in [2.05, 4.69) is 19.7 Å². The number of nitrogens with zero attached hydrogens (tertiary/aromatic N) is 4. The van der Waals surface area contributed by atoms with E-state index >= 15 is 0 Å². The molecule has 0 amide bonds. The van der Waals surface area contributed by atoms with E-state index in [1.54, 1.807) is 24.2 Å². The summed E-state index contributed by atoms with van der Waals surface area (Å²) in [7, 11) is 0. The lowest BCUT2D eigenvalue weighted by Crippen LogP contribution is -1.99. The van der Waals surface area contributed by atoms with Crippen LogP contribution in [0.5, 0.6) is 0 Å². The average Bonchev–Trinajstić information content (AvgIpc) is 3.13. The van der Waals surface area contributed by atoms with Gasteiger partial charge < -0.3 is 0 Å². The lowest BCUT2D eigenvalue weighted by atomic mass is 10.2. The van der Waals surface area contributed by atoms with Crippen LogP contribution >= 0.6 is 23.4 Å². The normalized spacial score (nSPS) is 10.8. The molecular formula is C20H15ClN4S. The molecule has 0 spiro atoms. The van der Waals surface area contributed by atoms with Crippen molar-refractivity contribution in [3.05, 3.63) is 89.7 Å². The zero-order chi connectivity index (χ0) is 17.8. The maximum atomic E-state index is 6.28. The quantitative estimate of drug-likeness (QED) is 0.443. The van der Waals surface area contributed by atoms with Gasteiger partial charge in [-0.25, -0.2) is 0 Å². The van der Waals surface area contributed by atoms with Gasteiger partial charge in [0.15, 0.2) is 11.0 Å². The van der Waals surface area contributed by atoms with Crippen LogP contribution in [-0.4, -0.2) is 19.7 Å². The summed E-state index contributed by atoms with van der Waals surface area (Å²) in [5, 5.41) is 10.4. The van der Waals surface area contributed by atoms with Gasteiger partial charge in [-0.05, 0) is 35.9 Å². The molecule has 0 aliphatic carbocycles. The van der Waals surface area contributed by atoms with Crippen molar-refractivity contribution < 1.29 is 0 Å². The molecule has 0 radical (unpaired) electrons. The first-order chi connectivity index (χ1) is 12.8. The van der Waals surface area contributed by atoms with Crippen LogP contribution in [0.3, 0.4) is 0 Å². The maximum Gasteiger partial charge on any atom is 0.196 e. The van der Waals surface area contributed by atoms with E-state index in [0.29, 0.717) is 0 Å². The van der Waals surface area contributed by atoms with Gasteiger partial charge >= 0.3 is 0 Å². The van der Waals surface area contributed by atoms with Crippen molar-refractivity contribution in [1.82, 2.24) is 19.7 Å². The van der Waals surface area contributed by atoms with Gasteiger partial charge in [0.2, 0.25) is 0 Å². The largest absolute Gasteiger partial charge is 0.270 e. The van der Waals surface area contributed by atoms with Gasteiger partial charge in [0.05, 0.1) is 0 Å². The van der Waals surface area contributed by atoms with Crippen molar-refractivity contribution >= 4 is 23.4 Å². The van der Waals surface area contributed by atoms with Gasteiger partial charge in [-0.1, -0.05) is 59.8 Å². The van der Waals surface area contributed by atoms with Gasteiger partial charge in [0, 0.05) is 34.4 Å². The number of pyridine rings is 1. The number of benzene rings is 2. The summed E-state index contributed by atoms with van der Waals surface area (Å²) in [5.41, 5.74) is 3.01. The van der Waals surface area contributed by atoms with E-state index in [1.807, 2.05) is 66.7 Å². The van der Waals surface area contributed by atoms with E-state index in [4.69, 9.17) is 11.6 Å². The molecule has 0 aliphatic rings. The van der Waals surface area contributed by atoms with Crippen molar-refractivity contribution in [2.24, 2.45) is 0 Å². The van der Waals surface area contributed by atoms with Crippen molar-refractivity contribution in [3.8, 4) is 17.1 Å². The number of hydrogen-bond acceptors (Lipinski definition) is 4. The lowest BCUT2D eigenvalue weighted by Gasteiger charge is -2.10. The molecule has 0 bridgehead atoms. The summed E-state index contributed by atoms with van der Waals surface area (Å²) < 4.78 is 2.05. The molecular weight excluding hydrogens is 364 g/mol. The molecule has 0 aliphatic heterocycles. The zero-order valence-electron chi connectivity index (χ0n) is 13.8. The van der Waals surface area contributed by atoms with Crippen LogP contribution in [0.4, 0.5) is 0 Å². The van der Waals surface area contributed by atoms with Crippen LogP contribution in [0.1, 0.15) is 5.56 Å². The Labute approximate surface area is 160 Å². The summed E-state index contributed by atoms with van der Waals surface area (Å²) in [4.78, 5) is 4.20. The smallest absolute Gasteiger partial charge is 0.196 e. The third-order valence-corrected chi connectivity index (χ3v) is 5.23. The van der Waals surface area contributed by atoms with E-state index in [1.165, 1.54) is 0 Å². The van der Waals surface area contributed by atoms with Crippen LogP contribution in [0.25, 0.3) is 17.1 Å². The molecule has 2 heterocycles. The summed E-state index contributed by atoms with van der Waals surface area (Å²) in [6, 6.07) is 21.8. The molecule has 6 heteroatoms. The van der Waals surface area contributed by atoms with Crippen LogP contribution in [0.2, 0.25) is 5.02 Å². The zero-order valence-corrected chi connectivity index (χ0v) is 15.4. The lowest BCUT2D eigenvalue weighted by molar-refractivity contribution is 0.886. The highest BCUT2D eigenvalue weighted by atomic mass is 35.5. The standard InChI is InChI=1S/C20H15ClN4S/c21-18-11-5-4-7-16(18)14-26-20-24-23-19(15-8-6-12-22-13-15)25(20)17-9-2-1-3-10-17/h1-13H,14H2. The Bertz CT molecular complexity index is 1000. The molecule has 0 N–H and O–H groups in total. The molecule has 2 aromatic heterocycles. The number of halogens is 1. The fourth-order valence-electron chi connectivity index (χ4n) is 2.61. The van der Waals surface area contributed by atoms with Gasteiger partial charge in [-0.3, -0.25) is 9.55 Å². The maximum absolute atomic E-state index is 6.28. The van der Waals surface area contributed by atoms with Crippen LogP contribution in [0.15, 0.2) is 84.3 Å². The minimum atomic E-state index is 0.720. The van der Waals surface area contributed by atoms with Crippen LogP contribution in [-0.2, 0) is 5.75 Å². The second kappa shape index (κ2) is 7.72. The predicted molar refractivity (Wildman–Crippen MR) is 106 cm³/mol. The van der Waals surface area contributed by atoms with Gasteiger partial charge in [-0.15, -0.1) is 10.2 Å². The predicted octanol–water partition coefficient (Wildman–Crippen LogP) is 5.28. The molecule has 4 nitrogen and oxygen atoms in total. The fourth-order valence-corrected chi connectivity index (χ4v) is 3.85.